The first-order valence-corrected chi connectivity index (χ1v) is 7.71. The molecule has 0 saturated carbocycles. The molecule has 1 atom stereocenters. The van der Waals surface area contributed by atoms with E-state index in [4.69, 9.17) is 0 Å². The van der Waals surface area contributed by atoms with E-state index in [1.807, 2.05) is 6.92 Å². The van der Waals surface area contributed by atoms with Crippen molar-refractivity contribution in [1.29, 1.82) is 0 Å². The number of halogens is 5. The van der Waals surface area contributed by atoms with Crippen LogP contribution in [0, 0.1) is 29.1 Å². The molecule has 2 nitrogen and oxygen atoms in total. The normalized spacial score (nSPS) is 12.1. The van der Waals surface area contributed by atoms with Gasteiger partial charge in [0.1, 0.15) is 0 Å². The van der Waals surface area contributed by atoms with E-state index < -0.39 is 53.0 Å². The van der Waals surface area contributed by atoms with Crippen LogP contribution < -0.4 is 5.32 Å². The van der Waals surface area contributed by atoms with Gasteiger partial charge in [-0.15, -0.1) is 0 Å². The largest absolute Gasteiger partial charge is 0.349 e. The van der Waals surface area contributed by atoms with Gasteiger partial charge in [-0.05, 0) is 12.0 Å². The van der Waals surface area contributed by atoms with Gasteiger partial charge in [-0.25, -0.2) is 22.0 Å². The van der Waals surface area contributed by atoms with Crippen LogP contribution >= 0.6 is 0 Å². The molecule has 0 aromatic heterocycles. The van der Waals surface area contributed by atoms with Gasteiger partial charge >= 0.3 is 0 Å². The summed E-state index contributed by atoms with van der Waals surface area (Å²) < 4.78 is 66.8. The van der Waals surface area contributed by atoms with E-state index in [1.165, 1.54) is 0 Å². The fraction of sp³-hybridized carbons (Fsp3) is 0.278. The molecule has 0 heterocycles. The van der Waals surface area contributed by atoms with E-state index in [2.05, 4.69) is 5.32 Å². The van der Waals surface area contributed by atoms with Crippen LogP contribution in [0.2, 0.25) is 0 Å². The van der Waals surface area contributed by atoms with Crippen LogP contribution in [0.15, 0.2) is 30.3 Å². The molecular formula is C18H16F5NO. The first-order valence-electron chi connectivity index (χ1n) is 7.71. The molecule has 0 fully saturated rings. The topological polar surface area (TPSA) is 29.1 Å². The Labute approximate surface area is 141 Å². The highest BCUT2D eigenvalue weighted by atomic mass is 19.2. The van der Waals surface area contributed by atoms with Crippen molar-refractivity contribution in [2.24, 2.45) is 0 Å². The lowest BCUT2D eigenvalue weighted by Gasteiger charge is -2.19. The fourth-order valence-electron chi connectivity index (χ4n) is 2.51. The van der Waals surface area contributed by atoms with Crippen molar-refractivity contribution < 1.29 is 26.7 Å². The molecule has 0 aliphatic carbocycles. The molecule has 0 unspecified atom stereocenters. The van der Waals surface area contributed by atoms with E-state index in [0.29, 0.717) is 6.42 Å². The number of hydrogen-bond donors (Lipinski definition) is 1. The zero-order valence-corrected chi connectivity index (χ0v) is 13.4. The summed E-state index contributed by atoms with van der Waals surface area (Å²) in [5.41, 5.74) is -0.354. The molecule has 1 amide bonds. The SMILES string of the molecule is CCC[C@H](NC(=O)Cc1c(F)c(F)c(F)c(F)c1F)c1ccccc1. The van der Waals surface area contributed by atoms with Gasteiger partial charge in [0.15, 0.2) is 23.3 Å². The molecule has 25 heavy (non-hydrogen) atoms. The van der Waals surface area contributed by atoms with Crippen molar-refractivity contribution in [3.05, 3.63) is 70.5 Å². The minimum atomic E-state index is -2.24. The highest BCUT2D eigenvalue weighted by molar-refractivity contribution is 5.79. The van der Waals surface area contributed by atoms with Gasteiger partial charge in [0.05, 0.1) is 12.5 Å². The summed E-state index contributed by atoms with van der Waals surface area (Å²) >= 11 is 0. The Hall–Kier alpha value is -2.44. The Kier molecular flexibility index (Phi) is 6.12. The van der Waals surface area contributed by atoms with Gasteiger partial charge in [-0.1, -0.05) is 43.7 Å². The molecule has 0 spiro atoms. The smallest absolute Gasteiger partial charge is 0.225 e. The van der Waals surface area contributed by atoms with Crippen molar-refractivity contribution in [2.75, 3.05) is 0 Å². The Morgan fingerprint density at radius 1 is 0.920 bits per heavy atom. The summed E-state index contributed by atoms with van der Waals surface area (Å²) in [6, 6.07) is 8.48. The molecular weight excluding hydrogens is 341 g/mol. The van der Waals surface area contributed by atoms with E-state index >= 15 is 0 Å². The monoisotopic (exact) mass is 357 g/mol. The maximum Gasteiger partial charge on any atom is 0.225 e. The van der Waals surface area contributed by atoms with Crippen LogP contribution in [0.25, 0.3) is 0 Å². The van der Waals surface area contributed by atoms with E-state index in [-0.39, 0.29) is 0 Å². The van der Waals surface area contributed by atoms with Gasteiger partial charge in [0.25, 0.3) is 0 Å². The first kappa shape index (κ1) is 18.9. The zero-order valence-electron chi connectivity index (χ0n) is 13.4. The van der Waals surface area contributed by atoms with Crippen LogP contribution in [-0.2, 0) is 11.2 Å². The van der Waals surface area contributed by atoms with E-state index in [1.54, 1.807) is 30.3 Å². The quantitative estimate of drug-likeness (QED) is 0.458. The second kappa shape index (κ2) is 8.09. The average molecular weight is 357 g/mol. The molecule has 0 bridgehead atoms. The minimum absolute atomic E-state index is 0.417. The van der Waals surface area contributed by atoms with Crippen molar-refractivity contribution in [3.8, 4) is 0 Å². The molecule has 134 valence electrons. The number of amides is 1. The molecule has 0 aliphatic rings. The first-order chi connectivity index (χ1) is 11.9. The number of carbonyl (C=O) groups excluding carboxylic acids is 1. The van der Waals surface area contributed by atoms with Gasteiger partial charge in [0.2, 0.25) is 11.7 Å². The lowest BCUT2D eigenvalue weighted by Crippen LogP contribution is -2.30. The Bertz CT molecular complexity index is 735. The standard InChI is InChI=1S/C18H16F5NO/c1-2-6-12(10-7-4-3-5-8-10)24-13(25)9-11-14(19)16(21)18(23)17(22)15(11)20/h3-5,7-8,12H,2,6,9H2,1H3,(H,24,25)/t12-/m0/s1. The predicted octanol–water partition coefficient (Wildman–Crippen LogP) is 4.58. The molecule has 2 rings (SSSR count). The maximum absolute atomic E-state index is 13.7. The molecule has 0 aliphatic heterocycles. The Balaban J connectivity index is 2.22. The summed E-state index contributed by atoms with van der Waals surface area (Å²) in [6.07, 6.45) is 0.341. The second-order valence-corrected chi connectivity index (χ2v) is 5.54. The van der Waals surface area contributed by atoms with Gasteiger partial charge < -0.3 is 5.32 Å². The molecule has 7 heteroatoms. The molecule has 0 radical (unpaired) electrons. The highest BCUT2D eigenvalue weighted by Crippen LogP contribution is 2.24. The van der Waals surface area contributed by atoms with Crippen LogP contribution in [-0.4, -0.2) is 5.91 Å². The Morgan fingerprint density at radius 2 is 1.44 bits per heavy atom. The lowest BCUT2D eigenvalue weighted by molar-refractivity contribution is -0.121. The van der Waals surface area contributed by atoms with Crippen molar-refractivity contribution in [3.63, 3.8) is 0 Å². The van der Waals surface area contributed by atoms with Gasteiger partial charge in [0, 0.05) is 5.56 Å². The van der Waals surface area contributed by atoms with Crippen LogP contribution in [0.3, 0.4) is 0 Å². The fourth-order valence-corrected chi connectivity index (χ4v) is 2.51. The molecule has 1 N–H and O–H groups in total. The van der Waals surface area contributed by atoms with Crippen LogP contribution in [0.1, 0.15) is 36.9 Å². The van der Waals surface area contributed by atoms with Crippen molar-refractivity contribution in [2.45, 2.75) is 32.2 Å². The summed E-state index contributed by atoms with van der Waals surface area (Å²) in [7, 11) is 0. The molecule has 0 saturated heterocycles. The third-order valence-electron chi connectivity index (χ3n) is 3.75. The third-order valence-corrected chi connectivity index (χ3v) is 3.75. The highest BCUT2D eigenvalue weighted by Gasteiger charge is 2.27. The third kappa shape index (κ3) is 4.15. The summed E-state index contributed by atoms with van der Waals surface area (Å²) in [5.74, 6) is -11.2. The average Bonchev–Trinajstić information content (AvgIpc) is 2.62. The number of hydrogen-bond acceptors (Lipinski definition) is 1. The zero-order chi connectivity index (χ0) is 18.6. The van der Waals surface area contributed by atoms with E-state index in [9.17, 15) is 26.7 Å². The number of carbonyl (C=O) groups is 1. The number of nitrogens with one attached hydrogen (secondary N) is 1. The Morgan fingerprint density at radius 3 is 1.96 bits per heavy atom. The minimum Gasteiger partial charge on any atom is -0.349 e. The van der Waals surface area contributed by atoms with Crippen LogP contribution in [0.4, 0.5) is 22.0 Å². The predicted molar refractivity (Wildman–Crippen MR) is 82.2 cm³/mol. The summed E-state index contributed by atoms with van der Waals surface area (Å²) in [6.45, 7) is 1.89. The molecule has 2 aromatic rings. The molecule has 2 aromatic carbocycles. The second-order valence-electron chi connectivity index (χ2n) is 5.54. The van der Waals surface area contributed by atoms with Crippen molar-refractivity contribution in [1.82, 2.24) is 5.32 Å². The van der Waals surface area contributed by atoms with Gasteiger partial charge in [-0.3, -0.25) is 4.79 Å². The van der Waals surface area contributed by atoms with E-state index in [0.717, 1.165) is 12.0 Å². The van der Waals surface area contributed by atoms with Crippen LogP contribution in [0.5, 0.6) is 0 Å². The summed E-state index contributed by atoms with van der Waals surface area (Å²) in [5, 5.41) is 2.58. The number of rotatable bonds is 6. The van der Waals surface area contributed by atoms with Crippen molar-refractivity contribution >= 4 is 5.91 Å². The summed E-state index contributed by atoms with van der Waals surface area (Å²) in [4.78, 5) is 12.1. The van der Waals surface area contributed by atoms with Gasteiger partial charge in [-0.2, -0.15) is 0 Å². The maximum atomic E-state index is 13.7. The lowest BCUT2D eigenvalue weighted by atomic mass is 10.0. The number of benzene rings is 2.